The fourth-order valence-corrected chi connectivity index (χ4v) is 4.72. The maximum atomic E-state index is 13.3. The molecule has 8 nitrogen and oxygen atoms in total. The second-order valence-corrected chi connectivity index (χ2v) is 9.27. The molecule has 0 fully saturated rings. The van der Waals surface area contributed by atoms with Gasteiger partial charge < -0.3 is 24.8 Å². The lowest BCUT2D eigenvalue weighted by Gasteiger charge is -2.17. The van der Waals surface area contributed by atoms with Gasteiger partial charge in [0.1, 0.15) is 4.90 Å². The van der Waals surface area contributed by atoms with Crippen LogP contribution >= 0.6 is 0 Å². The van der Waals surface area contributed by atoms with Gasteiger partial charge in [-0.1, -0.05) is 23.8 Å². The van der Waals surface area contributed by atoms with Crippen LogP contribution in [-0.4, -0.2) is 41.7 Å². The van der Waals surface area contributed by atoms with Crippen LogP contribution in [0.2, 0.25) is 0 Å². The number of hydrogen-bond acceptors (Lipinski definition) is 7. The predicted molar refractivity (Wildman–Crippen MR) is 131 cm³/mol. The van der Waals surface area contributed by atoms with Gasteiger partial charge in [0.25, 0.3) is 0 Å². The van der Waals surface area contributed by atoms with E-state index in [0.717, 1.165) is 5.56 Å². The quantitative estimate of drug-likeness (QED) is 0.442. The van der Waals surface area contributed by atoms with Crippen molar-refractivity contribution in [3.8, 4) is 17.2 Å². The Balaban J connectivity index is 1.81. The molecule has 2 N–H and O–H groups in total. The SMILES string of the molecule is CCOc1c(NCC(=O)Nc2ccc(OC)c(OC)c2)cccc1S(=O)(=O)c1ccc(C)cc1. The molecule has 0 aromatic heterocycles. The van der Waals surface area contributed by atoms with Crippen LogP contribution in [0, 0.1) is 6.92 Å². The first-order valence-electron chi connectivity index (χ1n) is 10.6. The van der Waals surface area contributed by atoms with Gasteiger partial charge in [-0.05, 0) is 50.2 Å². The Morgan fingerprint density at radius 2 is 1.65 bits per heavy atom. The summed E-state index contributed by atoms with van der Waals surface area (Å²) in [5.74, 6) is 0.874. The molecule has 0 spiro atoms. The van der Waals surface area contributed by atoms with Crippen molar-refractivity contribution < 1.29 is 27.4 Å². The molecule has 0 aliphatic rings. The average molecular weight is 485 g/mol. The van der Waals surface area contributed by atoms with Gasteiger partial charge in [0.05, 0.1) is 38.0 Å². The Hall–Kier alpha value is -3.72. The zero-order valence-electron chi connectivity index (χ0n) is 19.5. The molecule has 3 aromatic rings. The third kappa shape index (κ3) is 5.60. The molecule has 180 valence electrons. The van der Waals surface area contributed by atoms with E-state index < -0.39 is 9.84 Å². The van der Waals surface area contributed by atoms with E-state index in [2.05, 4.69) is 10.6 Å². The molecule has 0 saturated heterocycles. The normalized spacial score (nSPS) is 10.9. The van der Waals surface area contributed by atoms with E-state index in [0.29, 0.717) is 22.9 Å². The minimum atomic E-state index is -3.82. The smallest absolute Gasteiger partial charge is 0.243 e. The van der Waals surface area contributed by atoms with Crippen LogP contribution in [0.25, 0.3) is 0 Å². The number of anilines is 2. The zero-order valence-corrected chi connectivity index (χ0v) is 20.4. The lowest BCUT2D eigenvalue weighted by atomic mass is 10.2. The van der Waals surface area contributed by atoms with Gasteiger partial charge >= 0.3 is 0 Å². The highest BCUT2D eigenvalue weighted by Gasteiger charge is 2.24. The summed E-state index contributed by atoms with van der Waals surface area (Å²) >= 11 is 0. The van der Waals surface area contributed by atoms with Crippen molar-refractivity contribution in [1.29, 1.82) is 0 Å². The molecule has 0 radical (unpaired) electrons. The van der Waals surface area contributed by atoms with Crippen LogP contribution in [0.3, 0.4) is 0 Å². The Morgan fingerprint density at radius 1 is 0.941 bits per heavy atom. The lowest BCUT2D eigenvalue weighted by molar-refractivity contribution is -0.114. The molecule has 1 amide bonds. The summed E-state index contributed by atoms with van der Waals surface area (Å²) < 4.78 is 42.7. The summed E-state index contributed by atoms with van der Waals surface area (Å²) in [5.41, 5.74) is 1.89. The van der Waals surface area contributed by atoms with E-state index in [1.807, 2.05) is 6.92 Å². The molecule has 3 aromatic carbocycles. The molecular weight excluding hydrogens is 456 g/mol. The van der Waals surface area contributed by atoms with Gasteiger partial charge in [-0.2, -0.15) is 0 Å². The number of carbonyl (C=O) groups is 1. The van der Waals surface area contributed by atoms with Crippen LogP contribution in [0.1, 0.15) is 12.5 Å². The number of methoxy groups -OCH3 is 2. The van der Waals surface area contributed by atoms with Gasteiger partial charge in [0.2, 0.25) is 15.7 Å². The molecule has 34 heavy (non-hydrogen) atoms. The topological polar surface area (TPSA) is 103 Å². The first-order valence-corrected chi connectivity index (χ1v) is 12.1. The molecule has 0 aliphatic carbocycles. The predicted octanol–water partition coefficient (Wildman–Crippen LogP) is 4.29. The number of hydrogen-bond donors (Lipinski definition) is 2. The monoisotopic (exact) mass is 484 g/mol. The maximum absolute atomic E-state index is 13.3. The van der Waals surface area contributed by atoms with Crippen molar-refractivity contribution in [3.05, 3.63) is 66.2 Å². The van der Waals surface area contributed by atoms with Crippen molar-refractivity contribution in [2.45, 2.75) is 23.6 Å². The average Bonchev–Trinajstić information content (AvgIpc) is 2.83. The molecule has 0 saturated carbocycles. The molecular formula is C25H28N2O6S. The van der Waals surface area contributed by atoms with Crippen molar-refractivity contribution in [1.82, 2.24) is 0 Å². The number of aryl methyl sites for hydroxylation is 1. The standard InChI is InChI=1S/C25H28N2O6S/c1-5-33-25-20(7-6-8-23(25)34(29,30)19-12-9-17(2)10-13-19)26-16-24(28)27-18-11-14-21(31-3)22(15-18)32-4/h6-15,26H,5,16H2,1-4H3,(H,27,28). The van der Waals surface area contributed by atoms with E-state index in [1.54, 1.807) is 61.5 Å². The third-order valence-electron chi connectivity index (χ3n) is 5.00. The van der Waals surface area contributed by atoms with Gasteiger partial charge in [-0.3, -0.25) is 4.79 Å². The summed E-state index contributed by atoms with van der Waals surface area (Å²) in [5, 5.41) is 5.75. The summed E-state index contributed by atoms with van der Waals surface area (Å²) in [6.45, 7) is 3.80. The number of benzene rings is 3. The minimum absolute atomic E-state index is 0.0310. The van der Waals surface area contributed by atoms with Crippen LogP contribution < -0.4 is 24.8 Å². The van der Waals surface area contributed by atoms with Crippen molar-refractivity contribution >= 4 is 27.1 Å². The van der Waals surface area contributed by atoms with Crippen LogP contribution in [0.15, 0.2) is 70.5 Å². The van der Waals surface area contributed by atoms with Crippen LogP contribution in [0.5, 0.6) is 17.2 Å². The van der Waals surface area contributed by atoms with E-state index in [1.165, 1.54) is 20.3 Å². The largest absolute Gasteiger partial charge is 0.493 e. The molecule has 0 heterocycles. The maximum Gasteiger partial charge on any atom is 0.243 e. The first-order chi connectivity index (χ1) is 16.3. The van der Waals surface area contributed by atoms with Gasteiger partial charge in [0.15, 0.2) is 17.2 Å². The van der Waals surface area contributed by atoms with E-state index >= 15 is 0 Å². The lowest BCUT2D eigenvalue weighted by Crippen LogP contribution is -2.22. The number of para-hydroxylation sites is 1. The van der Waals surface area contributed by atoms with Crippen LogP contribution in [-0.2, 0) is 14.6 Å². The molecule has 0 aliphatic heterocycles. The number of nitrogens with one attached hydrogen (secondary N) is 2. The molecule has 9 heteroatoms. The fourth-order valence-electron chi connectivity index (χ4n) is 3.30. The highest BCUT2D eigenvalue weighted by molar-refractivity contribution is 7.91. The Morgan fingerprint density at radius 3 is 2.29 bits per heavy atom. The minimum Gasteiger partial charge on any atom is -0.493 e. The number of carbonyl (C=O) groups excluding carboxylic acids is 1. The van der Waals surface area contributed by atoms with E-state index in [-0.39, 0.29) is 34.6 Å². The molecule has 3 rings (SSSR count). The van der Waals surface area contributed by atoms with Crippen molar-refractivity contribution in [2.75, 3.05) is 38.0 Å². The summed E-state index contributed by atoms with van der Waals surface area (Å²) in [6, 6.07) is 16.4. The van der Waals surface area contributed by atoms with Crippen molar-refractivity contribution in [3.63, 3.8) is 0 Å². The Kier molecular flexibility index (Phi) is 8.01. The number of amides is 1. The Labute approximate surface area is 199 Å². The molecule has 0 bridgehead atoms. The van der Waals surface area contributed by atoms with E-state index in [9.17, 15) is 13.2 Å². The zero-order chi connectivity index (χ0) is 24.7. The third-order valence-corrected chi connectivity index (χ3v) is 6.79. The summed E-state index contributed by atoms with van der Waals surface area (Å²) in [4.78, 5) is 12.7. The van der Waals surface area contributed by atoms with E-state index in [4.69, 9.17) is 14.2 Å². The van der Waals surface area contributed by atoms with Crippen molar-refractivity contribution in [2.24, 2.45) is 0 Å². The molecule has 0 atom stereocenters. The van der Waals surface area contributed by atoms with Crippen LogP contribution in [0.4, 0.5) is 11.4 Å². The summed E-state index contributed by atoms with van der Waals surface area (Å²) in [6.07, 6.45) is 0. The second kappa shape index (κ2) is 10.9. The van der Waals surface area contributed by atoms with Gasteiger partial charge in [-0.15, -0.1) is 0 Å². The second-order valence-electron chi connectivity index (χ2n) is 7.35. The van der Waals surface area contributed by atoms with Gasteiger partial charge in [0, 0.05) is 11.8 Å². The highest BCUT2D eigenvalue weighted by atomic mass is 32.2. The fraction of sp³-hybridized carbons (Fsp3) is 0.240. The highest BCUT2D eigenvalue weighted by Crippen LogP contribution is 2.36. The number of ether oxygens (including phenoxy) is 3. The number of sulfone groups is 1. The first kappa shape index (κ1) is 24.9. The van der Waals surface area contributed by atoms with Gasteiger partial charge in [-0.25, -0.2) is 8.42 Å². The Bertz CT molecular complexity index is 1260. The summed E-state index contributed by atoms with van der Waals surface area (Å²) in [7, 11) is -0.781. The molecule has 0 unspecified atom stereocenters. The number of rotatable bonds is 10.